The molecular formula is C20H17ClN6OS. The Balaban J connectivity index is 1.30. The summed E-state index contributed by atoms with van der Waals surface area (Å²) in [4.78, 5) is 26.7. The Bertz CT molecular complexity index is 1180. The third-order valence-electron chi connectivity index (χ3n) is 5.07. The second kappa shape index (κ2) is 7.46. The van der Waals surface area contributed by atoms with Crippen molar-refractivity contribution in [2.24, 2.45) is 0 Å². The van der Waals surface area contributed by atoms with Gasteiger partial charge in [-0.3, -0.25) is 9.89 Å². The maximum Gasteiger partial charge on any atom is 0.272 e. The van der Waals surface area contributed by atoms with Gasteiger partial charge in [0.05, 0.1) is 16.1 Å². The molecule has 29 heavy (non-hydrogen) atoms. The summed E-state index contributed by atoms with van der Waals surface area (Å²) < 4.78 is 0. The molecular weight excluding hydrogens is 408 g/mol. The molecule has 9 heteroatoms. The van der Waals surface area contributed by atoms with E-state index in [4.69, 9.17) is 11.6 Å². The quantitative estimate of drug-likeness (QED) is 0.542. The van der Waals surface area contributed by atoms with Crippen LogP contribution in [0.25, 0.3) is 21.5 Å². The number of carbonyl (C=O) groups excluding carboxylic acids is 1. The average Bonchev–Trinajstić information content (AvgIpc) is 3.43. The van der Waals surface area contributed by atoms with Crippen LogP contribution in [-0.2, 0) is 0 Å². The van der Waals surface area contributed by atoms with Crippen LogP contribution in [0.5, 0.6) is 0 Å². The van der Waals surface area contributed by atoms with Gasteiger partial charge in [-0.1, -0.05) is 29.8 Å². The van der Waals surface area contributed by atoms with Gasteiger partial charge in [-0.05, 0) is 23.6 Å². The number of aromatic nitrogens is 4. The molecule has 0 aliphatic carbocycles. The van der Waals surface area contributed by atoms with E-state index in [0.29, 0.717) is 29.5 Å². The van der Waals surface area contributed by atoms with Crippen molar-refractivity contribution in [3.05, 3.63) is 58.8 Å². The van der Waals surface area contributed by atoms with Gasteiger partial charge in [0.15, 0.2) is 0 Å². The molecule has 0 unspecified atom stereocenters. The highest BCUT2D eigenvalue weighted by molar-refractivity contribution is 7.16. The molecule has 1 amide bonds. The number of piperazine rings is 1. The van der Waals surface area contributed by atoms with Crippen LogP contribution in [0.3, 0.4) is 0 Å². The number of aromatic amines is 1. The normalized spacial score (nSPS) is 14.5. The molecule has 0 saturated carbocycles. The molecule has 146 valence electrons. The minimum Gasteiger partial charge on any atom is -0.352 e. The van der Waals surface area contributed by atoms with E-state index in [9.17, 15) is 4.79 Å². The number of rotatable bonds is 3. The number of thiophene rings is 1. The number of hydrogen-bond donors (Lipinski definition) is 1. The number of nitrogens with zero attached hydrogens (tertiary/aromatic N) is 5. The van der Waals surface area contributed by atoms with E-state index < -0.39 is 0 Å². The predicted molar refractivity (Wildman–Crippen MR) is 115 cm³/mol. The summed E-state index contributed by atoms with van der Waals surface area (Å²) in [5, 5.41) is 10.8. The van der Waals surface area contributed by atoms with Crippen LogP contribution in [0, 0.1) is 0 Å². The standard InChI is InChI=1S/C20H17ClN6OS/c21-15-4-2-1-3-13(15)16-11-17(25-24-16)20(28)27-8-6-26(7-9-27)18-14-5-10-29-19(14)23-12-22-18/h1-5,10-12H,6-9H2,(H,24,25). The van der Waals surface area contributed by atoms with Crippen molar-refractivity contribution in [1.82, 2.24) is 25.1 Å². The fourth-order valence-electron chi connectivity index (χ4n) is 3.56. The van der Waals surface area contributed by atoms with Crippen molar-refractivity contribution < 1.29 is 4.79 Å². The van der Waals surface area contributed by atoms with Gasteiger partial charge in [0.2, 0.25) is 0 Å². The van der Waals surface area contributed by atoms with Crippen LogP contribution in [0.4, 0.5) is 5.82 Å². The fourth-order valence-corrected chi connectivity index (χ4v) is 4.52. The second-order valence-electron chi connectivity index (χ2n) is 6.76. The zero-order valence-corrected chi connectivity index (χ0v) is 17.0. The maximum absolute atomic E-state index is 12.9. The van der Waals surface area contributed by atoms with Crippen molar-refractivity contribution in [2.75, 3.05) is 31.1 Å². The van der Waals surface area contributed by atoms with Crippen LogP contribution in [0.1, 0.15) is 10.5 Å². The molecule has 0 atom stereocenters. The van der Waals surface area contributed by atoms with Crippen molar-refractivity contribution in [2.45, 2.75) is 0 Å². The summed E-state index contributed by atoms with van der Waals surface area (Å²) in [5.74, 6) is 0.879. The van der Waals surface area contributed by atoms with Crippen LogP contribution in [0.15, 0.2) is 48.1 Å². The molecule has 4 heterocycles. The Morgan fingerprint density at radius 2 is 1.93 bits per heavy atom. The van der Waals surface area contributed by atoms with E-state index >= 15 is 0 Å². The van der Waals surface area contributed by atoms with Gasteiger partial charge < -0.3 is 9.80 Å². The van der Waals surface area contributed by atoms with E-state index in [-0.39, 0.29) is 5.91 Å². The second-order valence-corrected chi connectivity index (χ2v) is 8.06. The molecule has 1 aliphatic rings. The van der Waals surface area contributed by atoms with Gasteiger partial charge >= 0.3 is 0 Å². The summed E-state index contributed by atoms with van der Waals surface area (Å²) in [6, 6.07) is 11.3. The van der Waals surface area contributed by atoms with E-state index in [1.807, 2.05) is 40.6 Å². The van der Waals surface area contributed by atoms with E-state index in [0.717, 1.165) is 34.7 Å². The van der Waals surface area contributed by atoms with Gasteiger partial charge in [0.1, 0.15) is 22.7 Å². The number of hydrogen-bond acceptors (Lipinski definition) is 6. The SMILES string of the molecule is O=C(c1cc(-c2ccccc2Cl)n[nH]1)N1CCN(c2ncnc3sccc23)CC1. The third-order valence-corrected chi connectivity index (χ3v) is 6.22. The van der Waals surface area contributed by atoms with Crippen molar-refractivity contribution in [3.8, 4) is 11.3 Å². The predicted octanol–water partition coefficient (Wildman–Crippen LogP) is 3.70. The van der Waals surface area contributed by atoms with Crippen LogP contribution < -0.4 is 4.90 Å². The molecule has 1 aliphatic heterocycles. The van der Waals surface area contributed by atoms with Crippen LogP contribution in [0.2, 0.25) is 5.02 Å². The van der Waals surface area contributed by atoms with Crippen LogP contribution >= 0.6 is 22.9 Å². The lowest BCUT2D eigenvalue weighted by Gasteiger charge is -2.35. The first-order valence-electron chi connectivity index (χ1n) is 9.23. The highest BCUT2D eigenvalue weighted by Crippen LogP contribution is 2.28. The Morgan fingerprint density at radius 3 is 2.76 bits per heavy atom. The molecule has 5 rings (SSSR count). The highest BCUT2D eigenvalue weighted by Gasteiger charge is 2.25. The minimum atomic E-state index is -0.0566. The number of halogens is 1. The molecule has 3 aromatic heterocycles. The zero-order chi connectivity index (χ0) is 19.8. The summed E-state index contributed by atoms with van der Waals surface area (Å²) in [7, 11) is 0. The van der Waals surface area contributed by atoms with Gasteiger partial charge in [0, 0.05) is 31.7 Å². The summed E-state index contributed by atoms with van der Waals surface area (Å²) in [6.45, 7) is 2.68. The maximum atomic E-state index is 12.9. The van der Waals surface area contributed by atoms with Crippen molar-refractivity contribution in [3.63, 3.8) is 0 Å². The molecule has 1 N–H and O–H groups in total. The largest absolute Gasteiger partial charge is 0.352 e. The molecule has 0 bridgehead atoms. The molecule has 0 spiro atoms. The number of benzene rings is 1. The Kier molecular flexibility index (Phi) is 4.65. The topological polar surface area (TPSA) is 78.0 Å². The van der Waals surface area contributed by atoms with Gasteiger partial charge in [0.25, 0.3) is 5.91 Å². The number of carbonyl (C=O) groups is 1. The lowest BCUT2D eigenvalue weighted by Crippen LogP contribution is -2.49. The molecule has 4 aromatic rings. The fraction of sp³-hybridized carbons (Fsp3) is 0.200. The van der Waals surface area contributed by atoms with Crippen molar-refractivity contribution in [1.29, 1.82) is 0 Å². The Labute approximate surface area is 176 Å². The number of H-pyrrole nitrogens is 1. The first-order valence-corrected chi connectivity index (χ1v) is 10.5. The first-order chi connectivity index (χ1) is 14.2. The number of amides is 1. The molecule has 1 fully saturated rings. The molecule has 0 radical (unpaired) electrons. The first kappa shape index (κ1) is 18.1. The summed E-state index contributed by atoms with van der Waals surface area (Å²) >= 11 is 7.85. The number of anilines is 1. The van der Waals surface area contributed by atoms with Gasteiger partial charge in [-0.15, -0.1) is 11.3 Å². The lowest BCUT2D eigenvalue weighted by molar-refractivity contribution is 0.0740. The lowest BCUT2D eigenvalue weighted by atomic mass is 10.1. The van der Waals surface area contributed by atoms with E-state index in [1.54, 1.807) is 23.7 Å². The summed E-state index contributed by atoms with van der Waals surface area (Å²) in [6.07, 6.45) is 1.60. The van der Waals surface area contributed by atoms with Gasteiger partial charge in [-0.2, -0.15) is 5.10 Å². The number of fused-ring (bicyclic) bond motifs is 1. The smallest absolute Gasteiger partial charge is 0.272 e. The van der Waals surface area contributed by atoms with Gasteiger partial charge in [-0.25, -0.2) is 9.97 Å². The molecule has 1 aromatic carbocycles. The highest BCUT2D eigenvalue weighted by atomic mass is 35.5. The molecule has 7 nitrogen and oxygen atoms in total. The van der Waals surface area contributed by atoms with E-state index in [2.05, 4.69) is 25.1 Å². The average molecular weight is 425 g/mol. The Morgan fingerprint density at radius 1 is 1.10 bits per heavy atom. The third kappa shape index (κ3) is 3.34. The van der Waals surface area contributed by atoms with Crippen molar-refractivity contribution >= 4 is 44.9 Å². The van der Waals surface area contributed by atoms with Crippen LogP contribution in [-0.4, -0.2) is 57.2 Å². The Hall–Kier alpha value is -2.97. The molecule has 1 saturated heterocycles. The number of nitrogens with one attached hydrogen (secondary N) is 1. The minimum absolute atomic E-state index is 0.0566. The van der Waals surface area contributed by atoms with E-state index in [1.165, 1.54) is 0 Å². The zero-order valence-electron chi connectivity index (χ0n) is 15.4. The summed E-state index contributed by atoms with van der Waals surface area (Å²) in [5.41, 5.74) is 1.94. The monoisotopic (exact) mass is 424 g/mol.